The molecule has 0 fully saturated rings. The van der Waals surface area contributed by atoms with Crippen LogP contribution in [0.15, 0.2) is 0 Å². The second kappa shape index (κ2) is 15.3. The van der Waals surface area contributed by atoms with Gasteiger partial charge in [0, 0.05) is 0 Å². The van der Waals surface area contributed by atoms with Crippen molar-refractivity contribution in [3.8, 4) is 0 Å². The molecule has 0 aromatic carbocycles. The summed E-state index contributed by atoms with van der Waals surface area (Å²) in [5.74, 6) is -2.21. The number of hydrogen-bond acceptors (Lipinski definition) is 8. The van der Waals surface area contributed by atoms with Crippen LogP contribution in [0.5, 0.6) is 0 Å². The Bertz CT molecular complexity index is 579. The first kappa shape index (κ1) is 28.5. The molecule has 0 radical (unpaired) electrons. The first-order valence-electron chi connectivity index (χ1n) is 9.57. The fraction of sp³-hybridized carbons (Fsp3) is 0.778. The molecule has 0 aliphatic rings. The topological polar surface area (TPSA) is 171 Å². The number of rotatable bonds is 15. The van der Waals surface area contributed by atoms with Gasteiger partial charge in [-0.25, -0.2) is 4.79 Å². The molecule has 30 heavy (non-hydrogen) atoms. The lowest BCUT2D eigenvalue weighted by molar-refractivity contribution is -0.142. The highest BCUT2D eigenvalue weighted by Crippen LogP contribution is 2.06. The third-order valence-corrected chi connectivity index (χ3v) is 5.59. The van der Waals surface area contributed by atoms with Crippen LogP contribution in [-0.4, -0.2) is 88.7 Å². The van der Waals surface area contributed by atoms with Crippen LogP contribution in [-0.2, 0) is 19.2 Å². The number of aliphatic hydroxyl groups is 1. The van der Waals surface area contributed by atoms with E-state index < -0.39 is 54.5 Å². The van der Waals surface area contributed by atoms with Gasteiger partial charge >= 0.3 is 5.97 Å². The number of thioether (sulfide) groups is 2. The summed E-state index contributed by atoms with van der Waals surface area (Å²) in [5.41, 5.74) is 5.75. The molecule has 3 amide bonds. The Balaban J connectivity index is 5.18. The summed E-state index contributed by atoms with van der Waals surface area (Å²) in [6, 6.07) is -4.21. The van der Waals surface area contributed by atoms with E-state index in [9.17, 15) is 29.4 Å². The van der Waals surface area contributed by atoms with Gasteiger partial charge in [0.2, 0.25) is 17.7 Å². The molecule has 0 rings (SSSR count). The molecule has 0 saturated carbocycles. The van der Waals surface area contributed by atoms with Crippen LogP contribution >= 0.6 is 23.5 Å². The Morgan fingerprint density at radius 2 is 1.27 bits per heavy atom. The second-order valence-electron chi connectivity index (χ2n) is 7.04. The minimum Gasteiger partial charge on any atom is -0.480 e. The van der Waals surface area contributed by atoms with Crippen molar-refractivity contribution in [2.24, 2.45) is 11.7 Å². The van der Waals surface area contributed by atoms with E-state index in [4.69, 9.17) is 5.73 Å². The molecule has 0 bridgehead atoms. The third kappa shape index (κ3) is 10.5. The summed E-state index contributed by atoms with van der Waals surface area (Å²) in [4.78, 5) is 48.6. The van der Waals surface area contributed by atoms with Crippen LogP contribution in [0.25, 0.3) is 0 Å². The van der Waals surface area contributed by atoms with Crippen LogP contribution in [0.3, 0.4) is 0 Å². The molecule has 10 nitrogen and oxygen atoms in total. The molecule has 174 valence electrons. The van der Waals surface area contributed by atoms with E-state index in [-0.39, 0.29) is 18.8 Å². The summed E-state index contributed by atoms with van der Waals surface area (Å²) < 4.78 is 0. The van der Waals surface area contributed by atoms with E-state index in [0.717, 1.165) is 0 Å². The number of carbonyl (C=O) groups excluding carboxylic acids is 3. The highest BCUT2D eigenvalue weighted by molar-refractivity contribution is 7.98. The van der Waals surface area contributed by atoms with Gasteiger partial charge < -0.3 is 31.9 Å². The van der Waals surface area contributed by atoms with Crippen molar-refractivity contribution in [2.45, 2.75) is 50.9 Å². The highest BCUT2D eigenvalue weighted by atomic mass is 32.2. The summed E-state index contributed by atoms with van der Waals surface area (Å²) >= 11 is 2.92. The number of aliphatic carboxylic acids is 1. The number of amides is 3. The standard InChI is InChI=1S/C18H34N4O6S2/c1-10(2)14(19)17(26)22-13(9-23)16(25)20-11(5-7-29-3)15(24)21-12(18(27)28)6-8-30-4/h10-14,23H,5-9,19H2,1-4H3,(H,20,25)(H,21,24)(H,22,26)(H,27,28). The lowest BCUT2D eigenvalue weighted by Crippen LogP contribution is -2.58. The molecule has 0 aromatic heterocycles. The van der Waals surface area contributed by atoms with Gasteiger partial charge in [-0.2, -0.15) is 23.5 Å². The van der Waals surface area contributed by atoms with Gasteiger partial charge in [-0.05, 0) is 42.8 Å². The number of carbonyl (C=O) groups is 4. The van der Waals surface area contributed by atoms with E-state index in [1.165, 1.54) is 23.5 Å². The van der Waals surface area contributed by atoms with Gasteiger partial charge in [-0.3, -0.25) is 14.4 Å². The predicted molar refractivity (Wildman–Crippen MR) is 119 cm³/mol. The number of hydrogen-bond donors (Lipinski definition) is 6. The third-order valence-electron chi connectivity index (χ3n) is 4.31. The summed E-state index contributed by atoms with van der Waals surface area (Å²) in [5, 5.41) is 26.1. The van der Waals surface area contributed by atoms with Gasteiger partial charge in [-0.15, -0.1) is 0 Å². The number of nitrogens with one attached hydrogen (secondary N) is 3. The van der Waals surface area contributed by atoms with Crippen LogP contribution < -0.4 is 21.7 Å². The van der Waals surface area contributed by atoms with Crippen molar-refractivity contribution < 1.29 is 29.4 Å². The van der Waals surface area contributed by atoms with E-state index in [1.54, 1.807) is 13.8 Å². The monoisotopic (exact) mass is 466 g/mol. The predicted octanol–water partition coefficient (Wildman–Crippen LogP) is -0.993. The first-order chi connectivity index (χ1) is 14.1. The van der Waals surface area contributed by atoms with Crippen molar-refractivity contribution in [1.29, 1.82) is 0 Å². The lowest BCUT2D eigenvalue weighted by Gasteiger charge is -2.24. The van der Waals surface area contributed by atoms with Gasteiger partial charge in [0.15, 0.2) is 0 Å². The minimum absolute atomic E-state index is 0.165. The molecule has 4 atom stereocenters. The normalized spacial score (nSPS) is 15.0. The highest BCUT2D eigenvalue weighted by Gasteiger charge is 2.30. The van der Waals surface area contributed by atoms with Crippen molar-refractivity contribution in [1.82, 2.24) is 16.0 Å². The average molecular weight is 467 g/mol. The number of carboxylic acids is 1. The molecular formula is C18H34N4O6S2. The fourth-order valence-corrected chi connectivity index (χ4v) is 3.25. The van der Waals surface area contributed by atoms with Crippen molar-refractivity contribution in [2.75, 3.05) is 30.6 Å². The van der Waals surface area contributed by atoms with E-state index in [1.807, 2.05) is 12.5 Å². The Labute approximate surface area is 185 Å². The largest absolute Gasteiger partial charge is 0.480 e. The number of nitrogens with two attached hydrogens (primary N) is 1. The Morgan fingerprint density at radius 3 is 1.70 bits per heavy atom. The molecule has 0 aliphatic carbocycles. The first-order valence-corrected chi connectivity index (χ1v) is 12.4. The van der Waals surface area contributed by atoms with Gasteiger partial charge in [0.05, 0.1) is 12.6 Å². The Kier molecular flexibility index (Phi) is 14.6. The molecular weight excluding hydrogens is 432 g/mol. The zero-order chi connectivity index (χ0) is 23.3. The SMILES string of the molecule is CSCCC(NC(=O)C(CCSC)NC(=O)C(CO)NC(=O)C(N)C(C)C)C(=O)O. The maximum absolute atomic E-state index is 12.6. The average Bonchev–Trinajstić information content (AvgIpc) is 2.70. The number of carboxylic acid groups (broad SMARTS) is 1. The smallest absolute Gasteiger partial charge is 0.326 e. The van der Waals surface area contributed by atoms with E-state index >= 15 is 0 Å². The van der Waals surface area contributed by atoms with Crippen LogP contribution in [0.4, 0.5) is 0 Å². The van der Waals surface area contributed by atoms with Crippen molar-refractivity contribution in [3.05, 3.63) is 0 Å². The van der Waals surface area contributed by atoms with Crippen molar-refractivity contribution >= 4 is 47.2 Å². The zero-order valence-electron chi connectivity index (χ0n) is 17.8. The lowest BCUT2D eigenvalue weighted by atomic mass is 10.0. The van der Waals surface area contributed by atoms with E-state index in [2.05, 4.69) is 16.0 Å². The van der Waals surface area contributed by atoms with Crippen LogP contribution in [0.2, 0.25) is 0 Å². The number of aliphatic hydroxyl groups excluding tert-OH is 1. The molecule has 0 spiro atoms. The van der Waals surface area contributed by atoms with E-state index in [0.29, 0.717) is 11.5 Å². The maximum atomic E-state index is 12.6. The molecule has 7 N–H and O–H groups in total. The molecule has 4 unspecified atom stereocenters. The summed E-state index contributed by atoms with van der Waals surface area (Å²) in [7, 11) is 0. The summed E-state index contributed by atoms with van der Waals surface area (Å²) in [6.07, 6.45) is 4.16. The molecule has 0 saturated heterocycles. The van der Waals surface area contributed by atoms with Crippen molar-refractivity contribution in [3.63, 3.8) is 0 Å². The van der Waals surface area contributed by atoms with Gasteiger partial charge in [0.1, 0.15) is 18.1 Å². The van der Waals surface area contributed by atoms with Crippen LogP contribution in [0.1, 0.15) is 26.7 Å². The minimum atomic E-state index is -1.28. The molecule has 12 heteroatoms. The molecule has 0 aliphatic heterocycles. The Hall–Kier alpha value is -1.50. The van der Waals surface area contributed by atoms with Gasteiger partial charge in [0.25, 0.3) is 0 Å². The maximum Gasteiger partial charge on any atom is 0.326 e. The quantitative estimate of drug-likeness (QED) is 0.177. The second-order valence-corrected chi connectivity index (χ2v) is 9.01. The Morgan fingerprint density at radius 1 is 0.833 bits per heavy atom. The van der Waals surface area contributed by atoms with Gasteiger partial charge in [-0.1, -0.05) is 13.8 Å². The fourth-order valence-electron chi connectivity index (χ4n) is 2.31. The molecule has 0 aromatic rings. The molecule has 0 heterocycles. The summed E-state index contributed by atoms with van der Waals surface area (Å²) in [6.45, 7) is 2.82. The zero-order valence-corrected chi connectivity index (χ0v) is 19.5. The van der Waals surface area contributed by atoms with Crippen LogP contribution in [0, 0.1) is 5.92 Å².